The maximum Gasteiger partial charge on any atom is 0.229 e. The van der Waals surface area contributed by atoms with Gasteiger partial charge in [-0.25, -0.2) is 8.42 Å². The molecular weight excluding hydrogens is 314 g/mol. The summed E-state index contributed by atoms with van der Waals surface area (Å²) in [7, 11) is -3.25. The number of rotatable bonds is 6. The van der Waals surface area contributed by atoms with Crippen molar-refractivity contribution in [3.63, 3.8) is 0 Å². The molecule has 7 heteroatoms. The molecule has 1 heterocycles. The van der Waals surface area contributed by atoms with Gasteiger partial charge >= 0.3 is 0 Å². The van der Waals surface area contributed by atoms with E-state index in [1.54, 1.807) is 12.1 Å². The number of anilines is 1. The average molecular weight is 337 g/mol. The highest BCUT2D eigenvalue weighted by Crippen LogP contribution is 2.25. The van der Waals surface area contributed by atoms with Crippen LogP contribution >= 0.6 is 0 Å². The van der Waals surface area contributed by atoms with Gasteiger partial charge in [0, 0.05) is 23.3 Å². The zero-order chi connectivity index (χ0) is 17.2. The highest BCUT2D eigenvalue weighted by molar-refractivity contribution is 7.92. The standard InChI is InChI=1S/C16H23N3O3S/c1-10(17-11(2)16-12(3)18-22-13(16)4)14-6-8-15(9-7-14)19-23(5,20)21/h6-11,17,19H,1-5H3/t10-,11-/m0/s1. The maximum atomic E-state index is 11.2. The molecule has 2 atom stereocenters. The number of hydrogen-bond donors (Lipinski definition) is 2. The molecule has 0 radical (unpaired) electrons. The van der Waals surface area contributed by atoms with E-state index in [1.807, 2.05) is 26.0 Å². The van der Waals surface area contributed by atoms with Crippen LogP contribution in [0.4, 0.5) is 5.69 Å². The second kappa shape index (κ2) is 6.72. The van der Waals surface area contributed by atoms with Crippen LogP contribution in [0.2, 0.25) is 0 Å². The number of aromatic nitrogens is 1. The van der Waals surface area contributed by atoms with Crippen LogP contribution < -0.4 is 10.0 Å². The summed E-state index contributed by atoms with van der Waals surface area (Å²) in [4.78, 5) is 0. The molecule has 0 fully saturated rings. The Labute approximate surface area is 137 Å². The van der Waals surface area contributed by atoms with Crippen molar-refractivity contribution in [1.29, 1.82) is 0 Å². The monoisotopic (exact) mass is 337 g/mol. The molecule has 126 valence electrons. The second-order valence-corrected chi connectivity index (χ2v) is 7.59. The molecule has 0 saturated heterocycles. The first-order valence-electron chi connectivity index (χ1n) is 7.44. The Morgan fingerprint density at radius 3 is 2.17 bits per heavy atom. The first-order chi connectivity index (χ1) is 10.7. The largest absolute Gasteiger partial charge is 0.361 e. The molecule has 0 aliphatic heterocycles. The van der Waals surface area contributed by atoms with Crippen LogP contribution in [0.15, 0.2) is 28.8 Å². The summed E-state index contributed by atoms with van der Waals surface area (Å²) in [6.45, 7) is 7.97. The zero-order valence-electron chi connectivity index (χ0n) is 14.0. The lowest BCUT2D eigenvalue weighted by Crippen LogP contribution is -2.23. The van der Waals surface area contributed by atoms with E-state index in [0.717, 1.165) is 28.8 Å². The minimum Gasteiger partial charge on any atom is -0.361 e. The lowest BCUT2D eigenvalue weighted by Gasteiger charge is -2.20. The molecule has 0 amide bonds. The molecule has 1 aromatic carbocycles. The van der Waals surface area contributed by atoms with Crippen LogP contribution in [-0.4, -0.2) is 19.8 Å². The number of nitrogens with zero attached hydrogens (tertiary/aromatic N) is 1. The van der Waals surface area contributed by atoms with Crippen LogP contribution in [0.1, 0.15) is 48.5 Å². The van der Waals surface area contributed by atoms with E-state index in [1.165, 1.54) is 0 Å². The number of benzene rings is 1. The van der Waals surface area contributed by atoms with Gasteiger partial charge in [-0.2, -0.15) is 0 Å². The fourth-order valence-electron chi connectivity index (χ4n) is 2.72. The fraction of sp³-hybridized carbons (Fsp3) is 0.438. The number of aryl methyl sites for hydroxylation is 2. The minimum atomic E-state index is -3.25. The van der Waals surface area contributed by atoms with Crippen LogP contribution in [0.3, 0.4) is 0 Å². The Morgan fingerprint density at radius 1 is 1.09 bits per heavy atom. The molecule has 0 spiro atoms. The number of sulfonamides is 1. The van der Waals surface area contributed by atoms with Gasteiger partial charge in [-0.15, -0.1) is 0 Å². The molecule has 0 bridgehead atoms. The summed E-state index contributed by atoms with van der Waals surface area (Å²) < 4.78 is 30.1. The van der Waals surface area contributed by atoms with Gasteiger partial charge in [-0.1, -0.05) is 17.3 Å². The predicted molar refractivity (Wildman–Crippen MR) is 90.9 cm³/mol. The summed E-state index contributed by atoms with van der Waals surface area (Å²) in [6.07, 6.45) is 1.14. The third-order valence-electron chi connectivity index (χ3n) is 3.74. The third kappa shape index (κ3) is 4.56. The number of nitrogens with one attached hydrogen (secondary N) is 2. The summed E-state index contributed by atoms with van der Waals surface area (Å²) in [5.74, 6) is 0.822. The number of hydrogen-bond acceptors (Lipinski definition) is 5. The van der Waals surface area contributed by atoms with Crippen LogP contribution in [0.25, 0.3) is 0 Å². The van der Waals surface area contributed by atoms with Gasteiger partial charge < -0.3 is 9.84 Å². The molecule has 6 nitrogen and oxygen atoms in total. The SMILES string of the molecule is Cc1noc(C)c1[C@H](C)N[C@@H](C)c1ccc(NS(C)(=O)=O)cc1. The van der Waals surface area contributed by atoms with Gasteiger partial charge in [0.25, 0.3) is 0 Å². The van der Waals surface area contributed by atoms with Gasteiger partial charge in [0.05, 0.1) is 11.9 Å². The fourth-order valence-corrected chi connectivity index (χ4v) is 3.28. The van der Waals surface area contributed by atoms with Crippen molar-refractivity contribution in [2.75, 3.05) is 11.0 Å². The van der Waals surface area contributed by atoms with Crippen molar-refractivity contribution >= 4 is 15.7 Å². The molecule has 0 saturated carbocycles. The topological polar surface area (TPSA) is 84.2 Å². The first-order valence-corrected chi connectivity index (χ1v) is 9.33. The molecule has 2 aromatic rings. The van der Waals surface area contributed by atoms with Gasteiger partial charge in [0.15, 0.2) is 0 Å². The third-order valence-corrected chi connectivity index (χ3v) is 4.34. The smallest absolute Gasteiger partial charge is 0.229 e. The molecule has 0 aliphatic carbocycles. The van der Waals surface area contributed by atoms with E-state index >= 15 is 0 Å². The van der Waals surface area contributed by atoms with Gasteiger partial charge in [-0.3, -0.25) is 4.72 Å². The summed E-state index contributed by atoms with van der Waals surface area (Å²) >= 11 is 0. The van der Waals surface area contributed by atoms with Gasteiger partial charge in [0.2, 0.25) is 10.0 Å². The normalized spacial score (nSPS) is 14.5. The Hall–Kier alpha value is -1.86. The Balaban J connectivity index is 2.07. The van der Waals surface area contributed by atoms with Crippen LogP contribution in [0, 0.1) is 13.8 Å². The van der Waals surface area contributed by atoms with Crippen LogP contribution in [0.5, 0.6) is 0 Å². The molecule has 0 aliphatic rings. The molecule has 1 aromatic heterocycles. The van der Waals surface area contributed by atoms with E-state index in [-0.39, 0.29) is 12.1 Å². The van der Waals surface area contributed by atoms with Crippen molar-refractivity contribution in [3.05, 3.63) is 46.8 Å². The van der Waals surface area contributed by atoms with Crippen molar-refractivity contribution in [2.45, 2.75) is 39.8 Å². The van der Waals surface area contributed by atoms with E-state index in [0.29, 0.717) is 5.69 Å². The van der Waals surface area contributed by atoms with Crippen molar-refractivity contribution in [2.24, 2.45) is 0 Å². The van der Waals surface area contributed by atoms with Crippen molar-refractivity contribution in [3.8, 4) is 0 Å². The Kier molecular flexibility index (Phi) is 5.11. The van der Waals surface area contributed by atoms with Crippen LogP contribution in [-0.2, 0) is 10.0 Å². The highest BCUT2D eigenvalue weighted by Gasteiger charge is 2.18. The maximum absolute atomic E-state index is 11.2. The Bertz CT molecular complexity index is 747. The summed E-state index contributed by atoms with van der Waals surface area (Å²) in [6, 6.07) is 7.54. The van der Waals surface area contributed by atoms with Gasteiger partial charge in [0.1, 0.15) is 5.76 Å². The van der Waals surface area contributed by atoms with E-state index in [9.17, 15) is 8.42 Å². The molecular formula is C16H23N3O3S. The zero-order valence-corrected chi connectivity index (χ0v) is 14.9. The average Bonchev–Trinajstić information content (AvgIpc) is 2.77. The van der Waals surface area contributed by atoms with Gasteiger partial charge in [-0.05, 0) is 45.4 Å². The second-order valence-electron chi connectivity index (χ2n) is 5.84. The lowest BCUT2D eigenvalue weighted by molar-refractivity contribution is 0.389. The molecule has 2 rings (SSSR count). The van der Waals surface area contributed by atoms with E-state index < -0.39 is 10.0 Å². The highest BCUT2D eigenvalue weighted by atomic mass is 32.2. The first kappa shape index (κ1) is 17.5. The molecule has 0 unspecified atom stereocenters. The van der Waals surface area contributed by atoms with Crippen molar-refractivity contribution < 1.29 is 12.9 Å². The molecule has 2 N–H and O–H groups in total. The minimum absolute atomic E-state index is 0.102. The van der Waals surface area contributed by atoms with E-state index in [2.05, 4.69) is 29.0 Å². The predicted octanol–water partition coefficient (Wildman–Crippen LogP) is 3.07. The van der Waals surface area contributed by atoms with E-state index in [4.69, 9.17) is 4.52 Å². The lowest BCUT2D eigenvalue weighted by atomic mass is 10.0. The summed E-state index contributed by atoms with van der Waals surface area (Å²) in [5, 5.41) is 7.49. The Morgan fingerprint density at radius 2 is 1.70 bits per heavy atom. The summed E-state index contributed by atoms with van der Waals surface area (Å²) in [5.41, 5.74) is 3.60. The molecule has 23 heavy (non-hydrogen) atoms. The quantitative estimate of drug-likeness (QED) is 0.846. The van der Waals surface area contributed by atoms with Crippen molar-refractivity contribution in [1.82, 2.24) is 10.5 Å².